The van der Waals surface area contributed by atoms with Crippen molar-refractivity contribution in [2.24, 2.45) is 0 Å². The predicted octanol–water partition coefficient (Wildman–Crippen LogP) is 1.23. The number of thiophene rings is 1. The van der Waals surface area contributed by atoms with Crippen molar-refractivity contribution in [1.82, 2.24) is 5.32 Å². The monoisotopic (exact) mass is 249 g/mol. The minimum absolute atomic E-state index is 0.0295. The van der Waals surface area contributed by atoms with Gasteiger partial charge in [0.2, 0.25) is 0 Å². The van der Waals surface area contributed by atoms with Crippen LogP contribution in [0.2, 0.25) is 0 Å². The van der Waals surface area contributed by atoms with Gasteiger partial charge >= 0.3 is 0 Å². The molecule has 2 N–H and O–H groups in total. The molecule has 0 unspecified atom stereocenters. The van der Waals surface area contributed by atoms with Crippen LogP contribution in [-0.2, 0) is 0 Å². The molecule has 5 heteroatoms. The Morgan fingerprint density at radius 2 is 2.42 bits per heavy atom. The minimum atomic E-state index is -0.139. The average molecular weight is 250 g/mol. The van der Waals surface area contributed by atoms with Gasteiger partial charge in [-0.1, -0.05) is 0 Å². The van der Waals surface area contributed by atoms with Crippen molar-refractivity contribution < 1.29 is 9.90 Å². The lowest BCUT2D eigenvalue weighted by Crippen LogP contribution is -2.25. The van der Waals surface area contributed by atoms with Gasteiger partial charge in [-0.15, -0.1) is 11.3 Å². The second kappa shape index (κ2) is 4.59. The zero-order valence-corrected chi connectivity index (χ0v) is 8.61. The fourth-order valence-corrected chi connectivity index (χ4v) is 2.00. The Kier molecular flexibility index (Phi) is 3.71. The van der Waals surface area contributed by atoms with Gasteiger partial charge < -0.3 is 10.4 Å². The summed E-state index contributed by atoms with van der Waals surface area (Å²) in [7, 11) is 0. The molecule has 0 saturated heterocycles. The Balaban J connectivity index is 2.53. The first-order valence-electron chi connectivity index (χ1n) is 3.38. The third kappa shape index (κ3) is 2.58. The highest BCUT2D eigenvalue weighted by Gasteiger charge is 2.06. The van der Waals surface area contributed by atoms with Gasteiger partial charge in [0.1, 0.15) is 0 Å². The molecule has 3 nitrogen and oxygen atoms in total. The molecule has 0 saturated carbocycles. The lowest BCUT2D eigenvalue weighted by molar-refractivity contribution is 0.0949. The highest BCUT2D eigenvalue weighted by Crippen LogP contribution is 2.21. The SMILES string of the molecule is O=C(NCCO)c1ccc(Br)s1. The van der Waals surface area contributed by atoms with Gasteiger partial charge in [0.05, 0.1) is 15.3 Å². The second-order valence-electron chi connectivity index (χ2n) is 2.08. The quantitative estimate of drug-likeness (QED) is 0.847. The zero-order valence-electron chi connectivity index (χ0n) is 6.21. The minimum Gasteiger partial charge on any atom is -0.395 e. The summed E-state index contributed by atoms with van der Waals surface area (Å²) in [6.45, 7) is 0.270. The maximum atomic E-state index is 11.2. The third-order valence-corrected chi connectivity index (χ3v) is 2.82. The lowest BCUT2D eigenvalue weighted by atomic mass is 10.4. The van der Waals surface area contributed by atoms with Crippen molar-refractivity contribution in [2.75, 3.05) is 13.2 Å². The van der Waals surface area contributed by atoms with Crippen molar-refractivity contribution in [2.45, 2.75) is 0 Å². The van der Waals surface area contributed by atoms with Crippen molar-refractivity contribution in [3.05, 3.63) is 20.8 Å². The number of rotatable bonds is 3. The summed E-state index contributed by atoms with van der Waals surface area (Å²) in [5.74, 6) is -0.139. The highest BCUT2D eigenvalue weighted by atomic mass is 79.9. The van der Waals surface area contributed by atoms with Gasteiger partial charge in [0, 0.05) is 6.54 Å². The summed E-state index contributed by atoms with van der Waals surface area (Å²) >= 11 is 4.63. The summed E-state index contributed by atoms with van der Waals surface area (Å²) in [4.78, 5) is 11.8. The Labute approximate surface area is 82.5 Å². The second-order valence-corrected chi connectivity index (χ2v) is 4.55. The summed E-state index contributed by atoms with van der Waals surface area (Å²) in [5, 5.41) is 11.0. The van der Waals surface area contributed by atoms with E-state index in [1.807, 2.05) is 6.07 Å². The largest absolute Gasteiger partial charge is 0.395 e. The Bertz CT molecular complexity index is 274. The number of halogens is 1. The number of aliphatic hydroxyl groups is 1. The maximum Gasteiger partial charge on any atom is 0.261 e. The fourth-order valence-electron chi connectivity index (χ4n) is 0.693. The molecule has 0 radical (unpaired) electrons. The molecule has 0 aromatic carbocycles. The van der Waals surface area contributed by atoms with E-state index >= 15 is 0 Å². The van der Waals surface area contributed by atoms with E-state index in [1.54, 1.807) is 6.07 Å². The fraction of sp³-hybridized carbons (Fsp3) is 0.286. The molecule has 0 spiro atoms. The molecule has 1 rings (SSSR count). The van der Waals surface area contributed by atoms with Crippen molar-refractivity contribution in [3.8, 4) is 0 Å². The summed E-state index contributed by atoms with van der Waals surface area (Å²) in [6.07, 6.45) is 0. The first kappa shape index (κ1) is 9.70. The first-order valence-corrected chi connectivity index (χ1v) is 4.99. The van der Waals surface area contributed by atoms with Crippen molar-refractivity contribution in [1.29, 1.82) is 0 Å². The van der Waals surface area contributed by atoms with Gasteiger partial charge in [-0.2, -0.15) is 0 Å². The molecule has 1 amide bonds. The first-order chi connectivity index (χ1) is 5.74. The summed E-state index contributed by atoms with van der Waals surface area (Å²) < 4.78 is 0.927. The van der Waals surface area contributed by atoms with Crippen LogP contribution >= 0.6 is 27.3 Å². The molecule has 0 aliphatic carbocycles. The van der Waals surface area contributed by atoms with E-state index in [1.165, 1.54) is 11.3 Å². The van der Waals surface area contributed by atoms with Crippen LogP contribution in [0.4, 0.5) is 0 Å². The third-order valence-electron chi connectivity index (χ3n) is 1.19. The van der Waals surface area contributed by atoms with E-state index in [-0.39, 0.29) is 12.5 Å². The van der Waals surface area contributed by atoms with Crippen LogP contribution in [0.15, 0.2) is 15.9 Å². The van der Waals surface area contributed by atoms with Crippen LogP contribution in [0.1, 0.15) is 9.67 Å². The van der Waals surface area contributed by atoms with Gasteiger partial charge in [-0.3, -0.25) is 4.79 Å². The van der Waals surface area contributed by atoms with E-state index in [9.17, 15) is 4.79 Å². The van der Waals surface area contributed by atoms with E-state index < -0.39 is 0 Å². The smallest absolute Gasteiger partial charge is 0.261 e. The zero-order chi connectivity index (χ0) is 8.97. The van der Waals surface area contributed by atoms with Gasteiger partial charge in [-0.05, 0) is 28.1 Å². The van der Waals surface area contributed by atoms with Gasteiger partial charge in [0.25, 0.3) is 5.91 Å². The topological polar surface area (TPSA) is 49.3 Å². The van der Waals surface area contributed by atoms with E-state index in [2.05, 4.69) is 21.2 Å². The van der Waals surface area contributed by atoms with Crippen LogP contribution < -0.4 is 5.32 Å². The molecule has 0 bridgehead atoms. The van der Waals surface area contributed by atoms with E-state index in [0.29, 0.717) is 11.4 Å². The lowest BCUT2D eigenvalue weighted by Gasteiger charge is -1.98. The molecule has 0 fully saturated rings. The number of carbonyl (C=O) groups is 1. The number of amides is 1. The number of nitrogens with one attached hydrogen (secondary N) is 1. The van der Waals surface area contributed by atoms with Crippen molar-refractivity contribution in [3.63, 3.8) is 0 Å². The van der Waals surface area contributed by atoms with Crippen LogP contribution in [0.25, 0.3) is 0 Å². The highest BCUT2D eigenvalue weighted by molar-refractivity contribution is 9.11. The molecule has 0 aliphatic rings. The standard InChI is InChI=1S/C7H8BrNO2S/c8-6-2-1-5(12-6)7(11)9-3-4-10/h1-2,10H,3-4H2,(H,9,11). The van der Waals surface area contributed by atoms with Crippen LogP contribution in [0.5, 0.6) is 0 Å². The Hall–Kier alpha value is -0.390. The molecular formula is C7H8BrNO2S. The normalized spacial score (nSPS) is 9.83. The molecule has 1 heterocycles. The average Bonchev–Trinajstić information content (AvgIpc) is 2.47. The molecule has 66 valence electrons. The number of carbonyl (C=O) groups excluding carboxylic acids is 1. The molecule has 0 aliphatic heterocycles. The Morgan fingerprint density at radius 3 is 2.92 bits per heavy atom. The predicted molar refractivity (Wildman–Crippen MR) is 51.4 cm³/mol. The van der Waals surface area contributed by atoms with Crippen LogP contribution in [-0.4, -0.2) is 24.2 Å². The van der Waals surface area contributed by atoms with E-state index in [0.717, 1.165) is 3.79 Å². The molecule has 12 heavy (non-hydrogen) atoms. The van der Waals surface area contributed by atoms with Crippen LogP contribution in [0.3, 0.4) is 0 Å². The summed E-state index contributed by atoms with van der Waals surface area (Å²) in [5.41, 5.74) is 0. The molecule has 1 aromatic rings. The van der Waals surface area contributed by atoms with E-state index in [4.69, 9.17) is 5.11 Å². The molecule has 0 atom stereocenters. The van der Waals surface area contributed by atoms with Gasteiger partial charge in [-0.25, -0.2) is 0 Å². The van der Waals surface area contributed by atoms with Crippen molar-refractivity contribution >= 4 is 33.2 Å². The number of hydrogen-bond acceptors (Lipinski definition) is 3. The molecular weight excluding hydrogens is 242 g/mol. The van der Waals surface area contributed by atoms with Gasteiger partial charge in [0.15, 0.2) is 0 Å². The number of aliphatic hydroxyl groups excluding tert-OH is 1. The maximum absolute atomic E-state index is 11.2. The summed E-state index contributed by atoms with van der Waals surface area (Å²) in [6, 6.07) is 3.56. The Morgan fingerprint density at radius 1 is 1.67 bits per heavy atom. The number of hydrogen-bond donors (Lipinski definition) is 2. The molecule has 1 aromatic heterocycles. The van der Waals surface area contributed by atoms with Crippen LogP contribution in [0, 0.1) is 0 Å².